The normalized spacial score (nSPS) is 15.9. The van der Waals surface area contributed by atoms with Gasteiger partial charge < -0.3 is 9.47 Å². The van der Waals surface area contributed by atoms with Crippen LogP contribution in [-0.2, 0) is 30.4 Å². The van der Waals surface area contributed by atoms with Crippen LogP contribution in [0.1, 0.15) is 108 Å². The third kappa shape index (κ3) is 17.2. The Labute approximate surface area is 215 Å². The van der Waals surface area contributed by atoms with E-state index in [0.29, 0.717) is 19.8 Å². The van der Waals surface area contributed by atoms with Crippen LogP contribution in [0.5, 0.6) is 0 Å². The smallest absolute Gasteiger partial charge is 0.264 e. The molecule has 0 saturated heterocycles. The second kappa shape index (κ2) is 19.2. The predicted molar refractivity (Wildman–Crippen MR) is 144 cm³/mol. The highest BCUT2D eigenvalue weighted by atomic mass is 32.2. The molecule has 0 amide bonds. The molecule has 0 spiro atoms. The molecular weight excluding hydrogens is 460 g/mol. The molecule has 0 N–H and O–H groups in total. The first-order valence-electron chi connectivity index (χ1n) is 14.1. The van der Waals surface area contributed by atoms with E-state index >= 15 is 0 Å². The molecule has 1 aliphatic carbocycles. The minimum atomic E-state index is -3.50. The van der Waals surface area contributed by atoms with Gasteiger partial charge in [0.05, 0.1) is 26.1 Å². The van der Waals surface area contributed by atoms with Crippen molar-refractivity contribution in [2.45, 2.75) is 115 Å². The van der Waals surface area contributed by atoms with E-state index in [1.54, 1.807) is 0 Å². The van der Waals surface area contributed by atoms with Crippen LogP contribution in [0.3, 0.4) is 0 Å². The third-order valence-electron chi connectivity index (χ3n) is 6.98. The highest BCUT2D eigenvalue weighted by Crippen LogP contribution is 2.28. The summed E-state index contributed by atoms with van der Waals surface area (Å²) < 4.78 is 39.2. The van der Waals surface area contributed by atoms with Gasteiger partial charge in [-0.15, -0.1) is 0 Å². The summed E-state index contributed by atoms with van der Waals surface area (Å²) in [4.78, 5) is 0. The number of hydrogen-bond acceptors (Lipinski definition) is 5. The van der Waals surface area contributed by atoms with E-state index < -0.39 is 16.2 Å². The highest BCUT2D eigenvalue weighted by molar-refractivity contribution is 7.85. The zero-order valence-corrected chi connectivity index (χ0v) is 22.9. The van der Waals surface area contributed by atoms with Crippen molar-refractivity contribution in [1.82, 2.24) is 0 Å². The van der Waals surface area contributed by atoms with Crippen molar-refractivity contribution < 1.29 is 22.1 Å². The molecular formula is C29H50O5S. The summed E-state index contributed by atoms with van der Waals surface area (Å²) in [6, 6.07) is 9.82. The maximum atomic E-state index is 11.3. The average molecular weight is 511 g/mol. The van der Waals surface area contributed by atoms with Crippen molar-refractivity contribution in [3.05, 3.63) is 35.9 Å². The van der Waals surface area contributed by atoms with E-state index in [1.165, 1.54) is 96.3 Å². The van der Waals surface area contributed by atoms with E-state index in [1.807, 2.05) is 30.3 Å². The molecule has 0 bridgehead atoms. The molecule has 1 aromatic carbocycles. The number of benzene rings is 1. The minimum absolute atomic E-state index is 0.0216. The molecule has 0 aromatic heterocycles. The second-order valence-electron chi connectivity index (χ2n) is 10.3. The Morgan fingerprint density at radius 1 is 0.800 bits per heavy atom. The fourth-order valence-corrected chi connectivity index (χ4v) is 5.27. The van der Waals surface area contributed by atoms with Crippen LogP contribution in [0, 0.1) is 5.92 Å². The van der Waals surface area contributed by atoms with E-state index in [0.717, 1.165) is 24.2 Å². The number of rotatable bonds is 21. The van der Waals surface area contributed by atoms with Gasteiger partial charge in [-0.1, -0.05) is 127 Å². The summed E-state index contributed by atoms with van der Waals surface area (Å²) >= 11 is 0. The Morgan fingerprint density at radius 3 is 2.03 bits per heavy atom. The third-order valence-corrected chi connectivity index (χ3v) is 7.54. The van der Waals surface area contributed by atoms with Crippen LogP contribution in [0.4, 0.5) is 0 Å². The fraction of sp³-hybridized carbons (Fsp3) is 0.793. The molecule has 1 fully saturated rings. The van der Waals surface area contributed by atoms with Crippen molar-refractivity contribution in [3.8, 4) is 0 Å². The number of ether oxygens (including phenoxy) is 2. The van der Waals surface area contributed by atoms with Crippen LogP contribution in [0.15, 0.2) is 30.3 Å². The predicted octanol–water partition coefficient (Wildman–Crippen LogP) is 7.44. The van der Waals surface area contributed by atoms with Crippen LogP contribution in [-0.4, -0.2) is 40.6 Å². The summed E-state index contributed by atoms with van der Waals surface area (Å²) in [6.07, 6.45) is 22.7. The largest absolute Gasteiger partial charge is 0.379 e. The first-order valence-corrected chi connectivity index (χ1v) is 15.9. The van der Waals surface area contributed by atoms with Gasteiger partial charge in [-0.25, -0.2) is 0 Å². The molecule has 35 heavy (non-hydrogen) atoms. The maximum absolute atomic E-state index is 11.3. The quantitative estimate of drug-likeness (QED) is 0.127. The number of hydrogen-bond donors (Lipinski definition) is 0. The van der Waals surface area contributed by atoms with E-state index in [4.69, 9.17) is 13.7 Å². The summed E-state index contributed by atoms with van der Waals surface area (Å²) in [7, 11) is -3.50. The Balaban J connectivity index is 1.41. The first-order chi connectivity index (χ1) is 17.0. The van der Waals surface area contributed by atoms with Gasteiger partial charge in [0.2, 0.25) is 0 Å². The van der Waals surface area contributed by atoms with Crippen molar-refractivity contribution in [1.29, 1.82) is 0 Å². The Morgan fingerprint density at radius 2 is 1.40 bits per heavy atom. The number of unbranched alkanes of at least 4 members (excludes halogenated alkanes) is 9. The van der Waals surface area contributed by atoms with Gasteiger partial charge in [-0.2, -0.15) is 8.42 Å². The van der Waals surface area contributed by atoms with Crippen molar-refractivity contribution >= 4 is 10.1 Å². The minimum Gasteiger partial charge on any atom is -0.379 e. The molecule has 5 nitrogen and oxygen atoms in total. The summed E-state index contributed by atoms with van der Waals surface area (Å²) in [6.45, 7) is 1.39. The molecule has 202 valence electrons. The molecule has 1 aliphatic rings. The second-order valence-corrected chi connectivity index (χ2v) is 12.0. The van der Waals surface area contributed by atoms with Gasteiger partial charge in [-0.3, -0.25) is 4.18 Å². The molecule has 6 heteroatoms. The lowest BCUT2D eigenvalue weighted by Crippen LogP contribution is -2.27. The van der Waals surface area contributed by atoms with Gasteiger partial charge in [0.25, 0.3) is 10.1 Å². The van der Waals surface area contributed by atoms with Crippen molar-refractivity contribution in [2.75, 3.05) is 26.1 Å². The SMILES string of the molecule is CS(=O)(=O)OCC(COCCCCCCCCCCCCC1CCCCC1)OCc1ccccc1. The fourth-order valence-electron chi connectivity index (χ4n) is 4.87. The Hall–Kier alpha value is -0.950. The topological polar surface area (TPSA) is 61.8 Å². The first kappa shape index (κ1) is 30.3. The van der Waals surface area contributed by atoms with Crippen LogP contribution < -0.4 is 0 Å². The van der Waals surface area contributed by atoms with E-state index in [9.17, 15) is 8.42 Å². The average Bonchev–Trinajstić information content (AvgIpc) is 2.86. The van der Waals surface area contributed by atoms with E-state index in [2.05, 4.69) is 0 Å². The van der Waals surface area contributed by atoms with Gasteiger partial charge in [0.1, 0.15) is 6.10 Å². The summed E-state index contributed by atoms with van der Waals surface area (Å²) in [5, 5.41) is 0. The zero-order valence-electron chi connectivity index (χ0n) is 22.1. The lowest BCUT2D eigenvalue weighted by Gasteiger charge is -2.21. The van der Waals surface area contributed by atoms with Gasteiger partial charge >= 0.3 is 0 Å². The Bertz CT molecular complexity index is 716. The van der Waals surface area contributed by atoms with Crippen molar-refractivity contribution in [3.63, 3.8) is 0 Å². The standard InChI is InChI=1S/C29H50O5S/c1-35(30,31)34-26-29(33-24-28-21-15-11-16-22-28)25-32-23-17-9-7-5-3-2-4-6-8-12-18-27-19-13-10-14-20-27/h11,15-16,21-22,27,29H,2-10,12-14,17-20,23-26H2,1H3. The molecule has 1 saturated carbocycles. The molecule has 1 atom stereocenters. The van der Waals surface area contributed by atoms with E-state index in [-0.39, 0.29) is 6.61 Å². The zero-order chi connectivity index (χ0) is 25.0. The van der Waals surface area contributed by atoms with Crippen LogP contribution >= 0.6 is 0 Å². The Kier molecular flexibility index (Phi) is 16.6. The lowest BCUT2D eigenvalue weighted by atomic mass is 9.85. The lowest BCUT2D eigenvalue weighted by molar-refractivity contribution is -0.0443. The van der Waals surface area contributed by atoms with Gasteiger partial charge in [0.15, 0.2) is 0 Å². The van der Waals surface area contributed by atoms with Gasteiger partial charge in [-0.05, 0) is 17.9 Å². The van der Waals surface area contributed by atoms with Crippen LogP contribution in [0.25, 0.3) is 0 Å². The molecule has 1 aromatic rings. The molecule has 0 radical (unpaired) electrons. The van der Waals surface area contributed by atoms with Crippen LogP contribution in [0.2, 0.25) is 0 Å². The maximum Gasteiger partial charge on any atom is 0.264 e. The molecule has 2 rings (SSSR count). The molecule has 1 unspecified atom stereocenters. The summed E-state index contributed by atoms with van der Waals surface area (Å²) in [5.41, 5.74) is 1.04. The monoisotopic (exact) mass is 510 g/mol. The van der Waals surface area contributed by atoms with Gasteiger partial charge in [0, 0.05) is 6.61 Å². The highest BCUT2D eigenvalue weighted by Gasteiger charge is 2.14. The summed E-state index contributed by atoms with van der Waals surface area (Å²) in [5.74, 6) is 1.04. The molecule has 0 aliphatic heterocycles. The molecule has 0 heterocycles. The van der Waals surface area contributed by atoms with Crippen molar-refractivity contribution in [2.24, 2.45) is 5.92 Å².